The average Bonchev–Trinajstić information content (AvgIpc) is 2.43. The van der Waals surface area contributed by atoms with Gasteiger partial charge in [-0.1, -0.05) is 31.8 Å². The summed E-state index contributed by atoms with van der Waals surface area (Å²) in [6.07, 6.45) is 0. The summed E-state index contributed by atoms with van der Waals surface area (Å²) in [6.45, 7) is 7.96. The van der Waals surface area contributed by atoms with E-state index < -0.39 is 0 Å². The zero-order valence-electron chi connectivity index (χ0n) is 12.9. The van der Waals surface area contributed by atoms with Crippen LogP contribution < -0.4 is 0 Å². The molecule has 20 heavy (non-hydrogen) atoms. The van der Waals surface area contributed by atoms with E-state index in [1.807, 2.05) is 39.1 Å². The molecule has 108 valence electrons. The number of benzene rings is 1. The second kappa shape index (κ2) is 7.12. The molecule has 1 aromatic rings. The summed E-state index contributed by atoms with van der Waals surface area (Å²) in [5, 5.41) is 8.77. The first-order valence-electron chi connectivity index (χ1n) is 6.86. The standard InChI is InChI=1S/C17H23NO2/c1-12(2)14(4)18(5)17(20)16-10-6-8-15(13(16)3)9-7-11-19/h6,8,10,12,14,19H,11H2,1-5H3. The Hall–Kier alpha value is -1.79. The van der Waals surface area contributed by atoms with E-state index in [9.17, 15) is 4.79 Å². The van der Waals surface area contributed by atoms with Gasteiger partial charge in [-0.2, -0.15) is 0 Å². The van der Waals surface area contributed by atoms with Gasteiger partial charge in [0.25, 0.3) is 5.91 Å². The molecule has 0 saturated heterocycles. The van der Waals surface area contributed by atoms with Gasteiger partial charge in [0.2, 0.25) is 0 Å². The fraction of sp³-hybridized carbons (Fsp3) is 0.471. The normalized spacial score (nSPS) is 11.8. The van der Waals surface area contributed by atoms with E-state index in [0.29, 0.717) is 11.5 Å². The lowest BCUT2D eigenvalue weighted by Gasteiger charge is -2.28. The number of nitrogens with zero attached hydrogens (tertiary/aromatic N) is 1. The van der Waals surface area contributed by atoms with E-state index in [1.165, 1.54) is 0 Å². The summed E-state index contributed by atoms with van der Waals surface area (Å²) in [5.41, 5.74) is 2.32. The maximum Gasteiger partial charge on any atom is 0.254 e. The first kappa shape index (κ1) is 16.3. The molecule has 0 aliphatic carbocycles. The quantitative estimate of drug-likeness (QED) is 0.859. The summed E-state index contributed by atoms with van der Waals surface area (Å²) in [6, 6.07) is 5.69. The van der Waals surface area contributed by atoms with Crippen LogP contribution in [0.15, 0.2) is 18.2 Å². The molecule has 0 aromatic heterocycles. The molecule has 0 radical (unpaired) electrons. The molecule has 0 fully saturated rings. The monoisotopic (exact) mass is 273 g/mol. The lowest BCUT2D eigenvalue weighted by atomic mass is 9.99. The van der Waals surface area contributed by atoms with Crippen molar-refractivity contribution in [3.8, 4) is 11.8 Å². The maximum absolute atomic E-state index is 12.6. The van der Waals surface area contributed by atoms with Gasteiger partial charge in [-0.3, -0.25) is 4.79 Å². The van der Waals surface area contributed by atoms with Crippen LogP contribution in [0.5, 0.6) is 0 Å². The highest BCUT2D eigenvalue weighted by atomic mass is 16.2. The van der Waals surface area contributed by atoms with Crippen LogP contribution >= 0.6 is 0 Å². The van der Waals surface area contributed by atoms with Crippen LogP contribution in [0.1, 0.15) is 42.3 Å². The van der Waals surface area contributed by atoms with Crippen molar-refractivity contribution in [1.29, 1.82) is 0 Å². The third kappa shape index (κ3) is 3.61. The predicted molar refractivity (Wildman–Crippen MR) is 81.5 cm³/mol. The van der Waals surface area contributed by atoms with Crippen molar-refractivity contribution in [2.24, 2.45) is 5.92 Å². The van der Waals surface area contributed by atoms with E-state index in [2.05, 4.69) is 25.7 Å². The van der Waals surface area contributed by atoms with Gasteiger partial charge < -0.3 is 10.0 Å². The molecule has 1 rings (SSSR count). The van der Waals surface area contributed by atoms with Gasteiger partial charge in [-0.25, -0.2) is 0 Å². The Labute approximate surface area is 121 Å². The van der Waals surface area contributed by atoms with Crippen LogP contribution in [0, 0.1) is 24.7 Å². The molecule has 0 aliphatic heterocycles. The third-order valence-electron chi connectivity index (χ3n) is 3.76. The zero-order valence-corrected chi connectivity index (χ0v) is 12.9. The Morgan fingerprint density at radius 1 is 1.35 bits per heavy atom. The Balaban J connectivity index is 3.11. The molecular formula is C17H23NO2. The Morgan fingerprint density at radius 2 is 2.00 bits per heavy atom. The molecule has 1 unspecified atom stereocenters. The number of carbonyl (C=O) groups is 1. The lowest BCUT2D eigenvalue weighted by molar-refractivity contribution is 0.0706. The molecule has 0 aliphatic rings. The third-order valence-corrected chi connectivity index (χ3v) is 3.76. The van der Waals surface area contributed by atoms with Crippen LogP contribution in [0.25, 0.3) is 0 Å². The SMILES string of the molecule is Cc1c(C#CCO)cccc1C(=O)N(C)C(C)C(C)C. The molecule has 3 heteroatoms. The fourth-order valence-electron chi connectivity index (χ4n) is 1.96. The predicted octanol–water partition coefficient (Wildman–Crippen LogP) is 2.46. The van der Waals surface area contributed by atoms with Crippen molar-refractivity contribution in [3.63, 3.8) is 0 Å². The fourth-order valence-corrected chi connectivity index (χ4v) is 1.96. The summed E-state index contributed by atoms with van der Waals surface area (Å²) in [7, 11) is 1.83. The van der Waals surface area contributed by atoms with E-state index >= 15 is 0 Å². The number of aliphatic hydroxyl groups is 1. The van der Waals surface area contributed by atoms with Crippen molar-refractivity contribution in [2.45, 2.75) is 33.7 Å². The molecule has 0 saturated carbocycles. The average molecular weight is 273 g/mol. The number of aliphatic hydroxyl groups excluding tert-OH is 1. The number of carbonyl (C=O) groups excluding carboxylic acids is 1. The minimum atomic E-state index is -0.179. The summed E-state index contributed by atoms with van der Waals surface area (Å²) in [4.78, 5) is 14.3. The Kier molecular flexibility index (Phi) is 5.79. The van der Waals surface area contributed by atoms with E-state index in [1.54, 1.807) is 4.90 Å². The number of hydrogen-bond acceptors (Lipinski definition) is 2. The molecule has 3 nitrogen and oxygen atoms in total. The maximum atomic E-state index is 12.6. The van der Waals surface area contributed by atoms with Crippen LogP contribution in [0.3, 0.4) is 0 Å². The zero-order chi connectivity index (χ0) is 15.3. The summed E-state index contributed by atoms with van der Waals surface area (Å²) in [5.74, 6) is 5.92. The van der Waals surface area contributed by atoms with Gasteiger partial charge in [0.1, 0.15) is 6.61 Å². The van der Waals surface area contributed by atoms with E-state index in [4.69, 9.17) is 5.11 Å². The highest BCUT2D eigenvalue weighted by Gasteiger charge is 2.21. The molecule has 0 bridgehead atoms. The first-order chi connectivity index (χ1) is 9.40. The second-order valence-electron chi connectivity index (χ2n) is 5.34. The van der Waals surface area contributed by atoms with Gasteiger partial charge in [0.15, 0.2) is 0 Å². The number of rotatable bonds is 3. The second-order valence-corrected chi connectivity index (χ2v) is 5.34. The van der Waals surface area contributed by atoms with Gasteiger partial charge >= 0.3 is 0 Å². The Bertz CT molecular complexity index is 538. The van der Waals surface area contributed by atoms with Gasteiger partial charge in [0, 0.05) is 24.2 Å². The number of amides is 1. The highest BCUT2D eigenvalue weighted by Crippen LogP contribution is 2.18. The molecule has 1 aromatic carbocycles. The van der Waals surface area contributed by atoms with Crippen molar-refractivity contribution in [2.75, 3.05) is 13.7 Å². The molecule has 0 spiro atoms. The lowest BCUT2D eigenvalue weighted by Crippen LogP contribution is -2.38. The van der Waals surface area contributed by atoms with Crippen molar-refractivity contribution in [3.05, 3.63) is 34.9 Å². The van der Waals surface area contributed by atoms with Crippen LogP contribution in [-0.4, -0.2) is 35.6 Å². The highest BCUT2D eigenvalue weighted by molar-refractivity contribution is 5.96. The summed E-state index contributed by atoms with van der Waals surface area (Å²) >= 11 is 0. The van der Waals surface area contributed by atoms with Crippen LogP contribution in [-0.2, 0) is 0 Å². The first-order valence-corrected chi connectivity index (χ1v) is 6.86. The Morgan fingerprint density at radius 3 is 2.55 bits per heavy atom. The molecule has 1 atom stereocenters. The van der Waals surface area contributed by atoms with Crippen LogP contribution in [0.4, 0.5) is 0 Å². The van der Waals surface area contributed by atoms with Gasteiger partial charge in [0.05, 0.1) is 0 Å². The molecule has 0 heterocycles. The topological polar surface area (TPSA) is 40.5 Å². The van der Waals surface area contributed by atoms with Gasteiger partial charge in [-0.05, 0) is 37.5 Å². The minimum absolute atomic E-state index is 0.0105. The van der Waals surface area contributed by atoms with E-state index in [0.717, 1.165) is 11.1 Å². The largest absolute Gasteiger partial charge is 0.384 e. The van der Waals surface area contributed by atoms with Crippen LogP contribution in [0.2, 0.25) is 0 Å². The van der Waals surface area contributed by atoms with Crippen molar-refractivity contribution >= 4 is 5.91 Å². The van der Waals surface area contributed by atoms with Crippen molar-refractivity contribution in [1.82, 2.24) is 4.90 Å². The minimum Gasteiger partial charge on any atom is -0.384 e. The molecule has 1 N–H and O–H groups in total. The van der Waals surface area contributed by atoms with E-state index in [-0.39, 0.29) is 18.6 Å². The molecular weight excluding hydrogens is 250 g/mol. The summed E-state index contributed by atoms with van der Waals surface area (Å²) < 4.78 is 0. The molecule has 1 amide bonds. The smallest absolute Gasteiger partial charge is 0.254 e. The van der Waals surface area contributed by atoms with Crippen molar-refractivity contribution < 1.29 is 9.90 Å². The van der Waals surface area contributed by atoms with Gasteiger partial charge in [-0.15, -0.1) is 0 Å². The number of hydrogen-bond donors (Lipinski definition) is 1.